The van der Waals surface area contributed by atoms with Gasteiger partial charge in [0, 0.05) is 26.2 Å². The van der Waals surface area contributed by atoms with Crippen LogP contribution in [0.15, 0.2) is 29.2 Å². The van der Waals surface area contributed by atoms with Crippen molar-refractivity contribution in [1.29, 1.82) is 0 Å². The lowest BCUT2D eigenvalue weighted by Gasteiger charge is -2.13. The summed E-state index contributed by atoms with van der Waals surface area (Å²) in [5.74, 6) is 0. The zero-order valence-electron chi connectivity index (χ0n) is 9.15. The molecule has 8 heteroatoms. The van der Waals surface area contributed by atoms with E-state index in [0.29, 0.717) is 0 Å². The fraction of sp³-hybridized carbons (Fsp3) is 0.222. The molecule has 0 aromatic heterocycles. The van der Waals surface area contributed by atoms with E-state index in [2.05, 4.69) is 0 Å². The molecule has 1 aromatic rings. The summed E-state index contributed by atoms with van der Waals surface area (Å²) < 4.78 is 23.6. The summed E-state index contributed by atoms with van der Waals surface area (Å²) in [6.45, 7) is 0. The zero-order chi connectivity index (χ0) is 13.2. The Kier molecular flexibility index (Phi) is 3.79. The Morgan fingerprint density at radius 3 is 2.12 bits per heavy atom. The van der Waals surface area contributed by atoms with Crippen molar-refractivity contribution in [2.75, 3.05) is 14.1 Å². The molecule has 0 bridgehead atoms. The van der Waals surface area contributed by atoms with Crippen LogP contribution in [0.4, 0.5) is 5.69 Å². The number of nitro groups is 1. The summed E-state index contributed by atoms with van der Waals surface area (Å²) in [5, 5.41) is 10.4. The van der Waals surface area contributed by atoms with E-state index in [0.717, 1.165) is 12.1 Å². The van der Waals surface area contributed by atoms with Gasteiger partial charge in [0.15, 0.2) is 4.32 Å². The van der Waals surface area contributed by atoms with E-state index in [1.165, 1.54) is 31.1 Å². The Morgan fingerprint density at radius 1 is 1.29 bits per heavy atom. The number of nitro benzene ring substituents is 1. The highest BCUT2D eigenvalue weighted by Gasteiger charge is 2.23. The van der Waals surface area contributed by atoms with Gasteiger partial charge in [0.1, 0.15) is 0 Å². The smallest absolute Gasteiger partial charge is 0.269 e. The van der Waals surface area contributed by atoms with Crippen molar-refractivity contribution in [3.05, 3.63) is 34.4 Å². The largest absolute Gasteiger partial charge is 0.359 e. The minimum atomic E-state index is -3.75. The lowest BCUT2D eigenvalue weighted by Crippen LogP contribution is -2.28. The topological polar surface area (TPSA) is 80.5 Å². The van der Waals surface area contributed by atoms with Gasteiger partial charge in [-0.3, -0.25) is 10.1 Å². The third kappa shape index (κ3) is 2.77. The number of sulfone groups is 1. The van der Waals surface area contributed by atoms with Gasteiger partial charge in [-0.2, -0.15) is 0 Å². The normalized spacial score (nSPS) is 10.9. The molecule has 0 aliphatic rings. The molecule has 0 spiro atoms. The predicted molar refractivity (Wildman–Crippen MR) is 66.6 cm³/mol. The second-order valence-corrected chi connectivity index (χ2v) is 5.92. The molecule has 0 amide bonds. The van der Waals surface area contributed by atoms with Gasteiger partial charge in [0.05, 0.1) is 9.82 Å². The van der Waals surface area contributed by atoms with E-state index in [1.807, 2.05) is 0 Å². The quantitative estimate of drug-likeness (QED) is 0.458. The van der Waals surface area contributed by atoms with Crippen LogP contribution in [-0.2, 0) is 9.84 Å². The van der Waals surface area contributed by atoms with Crippen LogP contribution in [0.3, 0.4) is 0 Å². The molecular weight excluding hydrogens is 264 g/mol. The molecule has 0 aliphatic carbocycles. The number of hydrogen-bond donors (Lipinski definition) is 0. The highest BCUT2D eigenvalue weighted by atomic mass is 32.2. The monoisotopic (exact) mass is 274 g/mol. The highest BCUT2D eigenvalue weighted by Crippen LogP contribution is 2.18. The van der Waals surface area contributed by atoms with Crippen molar-refractivity contribution in [3.8, 4) is 0 Å². The summed E-state index contributed by atoms with van der Waals surface area (Å²) in [4.78, 5) is 11.1. The minimum absolute atomic E-state index is 0.0539. The first-order valence-electron chi connectivity index (χ1n) is 4.47. The molecule has 1 rings (SSSR count). The molecular formula is C9H10N2O4S2. The number of nitrogens with zero attached hydrogens (tertiary/aromatic N) is 2. The Balaban J connectivity index is 3.18. The number of benzene rings is 1. The van der Waals surface area contributed by atoms with Crippen LogP contribution in [0.1, 0.15) is 0 Å². The van der Waals surface area contributed by atoms with Crippen molar-refractivity contribution >= 4 is 32.1 Å². The van der Waals surface area contributed by atoms with E-state index in [1.54, 1.807) is 0 Å². The van der Waals surface area contributed by atoms with Crippen LogP contribution in [0.2, 0.25) is 0 Å². The van der Waals surface area contributed by atoms with Crippen molar-refractivity contribution < 1.29 is 13.3 Å². The fourth-order valence-electron chi connectivity index (χ4n) is 1.09. The Bertz CT molecular complexity index is 549. The van der Waals surface area contributed by atoms with E-state index in [9.17, 15) is 18.5 Å². The fourth-order valence-corrected chi connectivity index (χ4v) is 2.55. The zero-order valence-corrected chi connectivity index (χ0v) is 10.8. The summed E-state index contributed by atoms with van der Waals surface area (Å²) in [6.07, 6.45) is 0. The van der Waals surface area contributed by atoms with Gasteiger partial charge in [0.2, 0.25) is 9.84 Å². The second kappa shape index (κ2) is 4.76. The summed E-state index contributed by atoms with van der Waals surface area (Å²) >= 11 is 4.78. The van der Waals surface area contributed by atoms with Crippen LogP contribution in [0.5, 0.6) is 0 Å². The molecule has 0 fully saturated rings. The lowest BCUT2D eigenvalue weighted by atomic mass is 10.3. The van der Waals surface area contributed by atoms with Crippen molar-refractivity contribution in [3.63, 3.8) is 0 Å². The summed E-state index contributed by atoms with van der Waals surface area (Å²) in [7, 11) is -0.708. The maximum absolute atomic E-state index is 11.9. The molecule has 0 N–H and O–H groups in total. The molecule has 0 radical (unpaired) electrons. The van der Waals surface area contributed by atoms with Gasteiger partial charge in [-0.25, -0.2) is 8.42 Å². The maximum Gasteiger partial charge on any atom is 0.269 e. The highest BCUT2D eigenvalue weighted by molar-refractivity contribution is 8.17. The molecule has 0 heterocycles. The van der Waals surface area contributed by atoms with Crippen LogP contribution >= 0.6 is 12.2 Å². The second-order valence-electron chi connectivity index (χ2n) is 3.41. The molecule has 0 saturated carbocycles. The Hall–Kier alpha value is -1.54. The first-order chi connectivity index (χ1) is 7.76. The van der Waals surface area contributed by atoms with Crippen LogP contribution in [0.25, 0.3) is 0 Å². The van der Waals surface area contributed by atoms with Gasteiger partial charge >= 0.3 is 0 Å². The number of hydrogen-bond acceptors (Lipinski definition) is 5. The molecule has 6 nitrogen and oxygen atoms in total. The van der Waals surface area contributed by atoms with Gasteiger partial charge in [-0.1, -0.05) is 0 Å². The van der Waals surface area contributed by atoms with E-state index in [-0.39, 0.29) is 14.9 Å². The summed E-state index contributed by atoms with van der Waals surface area (Å²) in [5.41, 5.74) is -0.167. The van der Waals surface area contributed by atoms with E-state index < -0.39 is 14.8 Å². The lowest BCUT2D eigenvalue weighted by molar-refractivity contribution is -0.384. The Morgan fingerprint density at radius 2 is 1.76 bits per heavy atom. The number of non-ortho nitro benzene ring substituents is 1. The van der Waals surface area contributed by atoms with Gasteiger partial charge < -0.3 is 4.90 Å². The van der Waals surface area contributed by atoms with Crippen LogP contribution in [0, 0.1) is 10.1 Å². The van der Waals surface area contributed by atoms with Gasteiger partial charge in [0.25, 0.3) is 5.69 Å². The standard InChI is InChI=1S/C9H10N2O4S2/c1-10(2)9(16)17(14,15)8-5-3-7(4-6-8)11(12)13/h3-6H,1-2H3. The minimum Gasteiger partial charge on any atom is -0.359 e. The molecule has 0 atom stereocenters. The first kappa shape index (κ1) is 13.5. The van der Waals surface area contributed by atoms with Crippen LogP contribution in [-0.4, -0.2) is 36.7 Å². The molecule has 92 valence electrons. The molecule has 17 heavy (non-hydrogen) atoms. The van der Waals surface area contributed by atoms with E-state index >= 15 is 0 Å². The SMILES string of the molecule is CN(C)C(=S)S(=O)(=O)c1ccc([N+](=O)[O-])cc1. The predicted octanol–water partition coefficient (Wildman–Crippen LogP) is 1.22. The third-order valence-corrected chi connectivity index (χ3v) is 4.69. The van der Waals surface area contributed by atoms with E-state index in [4.69, 9.17) is 12.2 Å². The molecule has 0 unspecified atom stereocenters. The molecule has 1 aromatic carbocycles. The Labute approximate surface area is 104 Å². The first-order valence-corrected chi connectivity index (χ1v) is 6.37. The van der Waals surface area contributed by atoms with Gasteiger partial charge in [-0.05, 0) is 24.4 Å². The van der Waals surface area contributed by atoms with Gasteiger partial charge in [-0.15, -0.1) is 0 Å². The summed E-state index contributed by atoms with van der Waals surface area (Å²) in [6, 6.07) is 4.60. The van der Waals surface area contributed by atoms with Crippen molar-refractivity contribution in [2.45, 2.75) is 4.90 Å². The molecule has 0 saturated heterocycles. The van der Waals surface area contributed by atoms with Crippen molar-refractivity contribution in [2.24, 2.45) is 0 Å². The average Bonchev–Trinajstić information content (AvgIpc) is 2.27. The molecule has 0 aliphatic heterocycles. The average molecular weight is 274 g/mol. The maximum atomic E-state index is 11.9. The number of thiocarbonyl (C=S) groups is 1. The van der Waals surface area contributed by atoms with Crippen molar-refractivity contribution in [1.82, 2.24) is 4.90 Å². The third-order valence-electron chi connectivity index (χ3n) is 1.95. The number of rotatable bonds is 2. The van der Waals surface area contributed by atoms with Crippen LogP contribution < -0.4 is 0 Å².